The number of hydrogen-bond donors (Lipinski definition) is 1. The minimum atomic E-state index is -4.30. The number of hydrogen-bond acceptors (Lipinski definition) is 1. The zero-order chi connectivity index (χ0) is 14.9. The van der Waals surface area contributed by atoms with Crippen molar-refractivity contribution in [2.45, 2.75) is 6.18 Å². The number of benzene rings is 1. The zero-order valence-electron chi connectivity index (χ0n) is 10.9. The fourth-order valence-corrected chi connectivity index (χ4v) is 2.02. The van der Waals surface area contributed by atoms with Gasteiger partial charge >= 0.3 is 6.18 Å². The van der Waals surface area contributed by atoms with Gasteiger partial charge in [-0.3, -0.25) is 0 Å². The lowest BCUT2D eigenvalue weighted by Crippen LogP contribution is -2.03. The molecule has 3 rings (SSSR count). The lowest BCUT2D eigenvalue weighted by Gasteiger charge is -2.05. The van der Waals surface area contributed by atoms with Gasteiger partial charge in [0.1, 0.15) is 5.65 Å². The Labute approximate surface area is 119 Å². The molecule has 0 aliphatic rings. The Hall–Kier alpha value is -2.56. The fraction of sp³-hybridized carbons (Fsp3) is 0.0625. The van der Waals surface area contributed by atoms with Crippen molar-refractivity contribution < 1.29 is 13.2 Å². The maximum atomic E-state index is 12.5. The number of nitrogens with one attached hydrogen (secondary N) is 1. The van der Waals surface area contributed by atoms with E-state index in [4.69, 9.17) is 0 Å². The van der Waals surface area contributed by atoms with Gasteiger partial charge in [0, 0.05) is 17.8 Å². The molecule has 106 valence electrons. The van der Waals surface area contributed by atoms with E-state index in [9.17, 15) is 13.2 Å². The average molecular weight is 288 g/mol. The molecular weight excluding hydrogens is 277 g/mol. The second-order valence-electron chi connectivity index (χ2n) is 4.64. The lowest BCUT2D eigenvalue weighted by molar-refractivity contribution is -0.137. The van der Waals surface area contributed by atoms with E-state index in [1.54, 1.807) is 18.5 Å². The van der Waals surface area contributed by atoms with Gasteiger partial charge in [-0.1, -0.05) is 24.3 Å². The quantitative estimate of drug-likeness (QED) is 0.724. The number of nitrogens with zero attached hydrogens (tertiary/aromatic N) is 1. The van der Waals surface area contributed by atoms with Crippen molar-refractivity contribution in [1.82, 2.24) is 9.97 Å². The Balaban J connectivity index is 1.82. The monoisotopic (exact) mass is 288 g/mol. The molecule has 2 aromatic heterocycles. The van der Waals surface area contributed by atoms with Crippen LogP contribution in [-0.4, -0.2) is 9.97 Å². The van der Waals surface area contributed by atoms with Gasteiger partial charge in [-0.05, 0) is 35.4 Å². The number of halogens is 3. The first-order valence-electron chi connectivity index (χ1n) is 6.31. The smallest absolute Gasteiger partial charge is 0.346 e. The highest BCUT2D eigenvalue weighted by molar-refractivity contribution is 5.80. The summed E-state index contributed by atoms with van der Waals surface area (Å²) in [6, 6.07) is 8.92. The van der Waals surface area contributed by atoms with Crippen molar-refractivity contribution in [3.05, 3.63) is 65.5 Å². The van der Waals surface area contributed by atoms with Gasteiger partial charge in [0.2, 0.25) is 0 Å². The minimum absolute atomic E-state index is 0.643. The highest BCUT2D eigenvalue weighted by Crippen LogP contribution is 2.29. The Bertz CT molecular complexity index is 783. The van der Waals surface area contributed by atoms with Crippen LogP contribution >= 0.6 is 0 Å². The lowest BCUT2D eigenvalue weighted by atomic mass is 10.1. The normalized spacial score (nSPS) is 12.3. The number of fused-ring (bicyclic) bond motifs is 1. The number of aromatic nitrogens is 2. The maximum Gasteiger partial charge on any atom is 0.416 e. The van der Waals surface area contributed by atoms with E-state index in [1.165, 1.54) is 12.1 Å². The van der Waals surface area contributed by atoms with E-state index in [2.05, 4.69) is 9.97 Å². The molecule has 3 aromatic rings. The van der Waals surface area contributed by atoms with E-state index in [-0.39, 0.29) is 0 Å². The largest absolute Gasteiger partial charge is 0.416 e. The molecule has 0 saturated carbocycles. The summed E-state index contributed by atoms with van der Waals surface area (Å²) < 4.78 is 37.4. The molecule has 5 heteroatoms. The van der Waals surface area contributed by atoms with Crippen LogP contribution in [0.15, 0.2) is 48.8 Å². The van der Waals surface area contributed by atoms with Gasteiger partial charge in [0.25, 0.3) is 0 Å². The summed E-state index contributed by atoms with van der Waals surface area (Å²) in [5.41, 5.74) is 1.76. The summed E-state index contributed by atoms with van der Waals surface area (Å²) in [6.07, 6.45) is 2.80. The van der Waals surface area contributed by atoms with Crippen LogP contribution in [0.4, 0.5) is 13.2 Å². The third-order valence-corrected chi connectivity index (χ3v) is 3.13. The van der Waals surface area contributed by atoms with Crippen LogP contribution in [0, 0.1) is 0 Å². The van der Waals surface area contributed by atoms with Crippen molar-refractivity contribution in [3.8, 4) is 0 Å². The second-order valence-corrected chi connectivity index (χ2v) is 4.64. The molecule has 1 N–H and O–H groups in total. The summed E-state index contributed by atoms with van der Waals surface area (Å²) in [5.74, 6) is 0. The van der Waals surface area contributed by atoms with E-state index in [0.717, 1.165) is 28.7 Å². The van der Waals surface area contributed by atoms with Crippen molar-refractivity contribution in [3.63, 3.8) is 0 Å². The summed E-state index contributed by atoms with van der Waals surface area (Å²) in [5, 5.41) is 0.990. The van der Waals surface area contributed by atoms with Gasteiger partial charge in [-0.2, -0.15) is 13.2 Å². The highest BCUT2D eigenvalue weighted by atomic mass is 19.4. The Kier molecular flexibility index (Phi) is 3.25. The first-order chi connectivity index (χ1) is 10.0. The van der Waals surface area contributed by atoms with Crippen LogP contribution in [-0.2, 0) is 6.18 Å². The van der Waals surface area contributed by atoms with Crippen LogP contribution in [0.1, 0.15) is 16.7 Å². The SMILES string of the molecule is FC(F)(F)c1ccc(/C=C/c2cnc3[nH]ccc3c2)cc1. The summed E-state index contributed by atoms with van der Waals surface area (Å²) in [6.45, 7) is 0. The zero-order valence-corrected chi connectivity index (χ0v) is 10.9. The topological polar surface area (TPSA) is 28.7 Å². The second kappa shape index (κ2) is 5.09. The molecule has 0 atom stereocenters. The number of alkyl halides is 3. The van der Waals surface area contributed by atoms with E-state index >= 15 is 0 Å². The van der Waals surface area contributed by atoms with Gasteiger partial charge in [0.15, 0.2) is 0 Å². The van der Waals surface area contributed by atoms with Gasteiger partial charge < -0.3 is 4.98 Å². The Morgan fingerprint density at radius 3 is 2.38 bits per heavy atom. The Morgan fingerprint density at radius 2 is 1.67 bits per heavy atom. The number of aromatic amines is 1. The maximum absolute atomic E-state index is 12.5. The first kappa shape index (κ1) is 13.4. The third kappa shape index (κ3) is 2.97. The molecule has 2 heterocycles. The molecule has 0 spiro atoms. The minimum Gasteiger partial charge on any atom is -0.346 e. The van der Waals surface area contributed by atoms with Gasteiger partial charge in [-0.25, -0.2) is 4.98 Å². The molecule has 0 amide bonds. The molecule has 1 aromatic carbocycles. The number of pyridine rings is 1. The summed E-state index contributed by atoms with van der Waals surface area (Å²) in [7, 11) is 0. The molecule has 21 heavy (non-hydrogen) atoms. The van der Waals surface area contributed by atoms with Crippen LogP contribution in [0.25, 0.3) is 23.2 Å². The predicted molar refractivity (Wildman–Crippen MR) is 76.5 cm³/mol. The predicted octanol–water partition coefficient (Wildman–Crippen LogP) is 4.75. The number of rotatable bonds is 2. The molecule has 0 radical (unpaired) electrons. The fourth-order valence-electron chi connectivity index (χ4n) is 2.02. The van der Waals surface area contributed by atoms with Crippen molar-refractivity contribution in [2.75, 3.05) is 0 Å². The Morgan fingerprint density at radius 1 is 0.952 bits per heavy atom. The summed E-state index contributed by atoms with van der Waals surface area (Å²) in [4.78, 5) is 7.24. The molecule has 0 saturated heterocycles. The molecule has 0 aliphatic heterocycles. The van der Waals surface area contributed by atoms with E-state index in [0.29, 0.717) is 5.56 Å². The van der Waals surface area contributed by atoms with Gasteiger partial charge in [-0.15, -0.1) is 0 Å². The number of H-pyrrole nitrogens is 1. The van der Waals surface area contributed by atoms with Crippen LogP contribution in [0.3, 0.4) is 0 Å². The van der Waals surface area contributed by atoms with Crippen LogP contribution < -0.4 is 0 Å². The standard InChI is InChI=1S/C16H11F3N2/c17-16(18,19)14-5-3-11(4-6-14)1-2-12-9-13-7-8-20-15(13)21-10-12/h1-10H,(H,20,21)/b2-1+. The average Bonchev–Trinajstić information content (AvgIpc) is 2.92. The summed E-state index contributed by atoms with van der Waals surface area (Å²) >= 11 is 0. The highest BCUT2D eigenvalue weighted by Gasteiger charge is 2.29. The van der Waals surface area contributed by atoms with Gasteiger partial charge in [0.05, 0.1) is 5.56 Å². The van der Waals surface area contributed by atoms with Crippen molar-refractivity contribution >= 4 is 23.2 Å². The first-order valence-corrected chi connectivity index (χ1v) is 6.31. The van der Waals surface area contributed by atoms with Crippen molar-refractivity contribution in [2.24, 2.45) is 0 Å². The van der Waals surface area contributed by atoms with Crippen LogP contribution in [0.2, 0.25) is 0 Å². The molecular formula is C16H11F3N2. The van der Waals surface area contributed by atoms with E-state index in [1.807, 2.05) is 18.2 Å². The van der Waals surface area contributed by atoms with E-state index < -0.39 is 11.7 Å². The molecule has 2 nitrogen and oxygen atoms in total. The molecule has 0 aliphatic carbocycles. The third-order valence-electron chi connectivity index (χ3n) is 3.13. The molecule has 0 unspecified atom stereocenters. The molecule has 0 bridgehead atoms. The van der Waals surface area contributed by atoms with Crippen LogP contribution in [0.5, 0.6) is 0 Å². The van der Waals surface area contributed by atoms with Crippen molar-refractivity contribution in [1.29, 1.82) is 0 Å². The molecule has 0 fully saturated rings.